The van der Waals surface area contributed by atoms with Crippen LogP contribution in [0.4, 0.5) is 5.00 Å². The van der Waals surface area contributed by atoms with E-state index >= 15 is 0 Å². The summed E-state index contributed by atoms with van der Waals surface area (Å²) < 4.78 is 9.91. The predicted molar refractivity (Wildman–Crippen MR) is 49.3 cm³/mol. The molecule has 1 aromatic rings. The Kier molecular flexibility index (Phi) is 1.88. The van der Waals surface area contributed by atoms with E-state index in [1.807, 2.05) is 0 Å². The number of ether oxygens (including phenoxy) is 2. The van der Waals surface area contributed by atoms with Crippen molar-refractivity contribution in [1.29, 1.82) is 0 Å². The summed E-state index contributed by atoms with van der Waals surface area (Å²) in [5.74, 6) is 0.245. The molecule has 0 amide bonds. The predicted octanol–water partition coefficient (Wildman–Crippen LogP) is 1.05. The molecule has 1 aliphatic heterocycles. The van der Waals surface area contributed by atoms with Crippen LogP contribution in [0.5, 0.6) is 5.75 Å². The standard InChI is InChI=1S/C8H9NO3S/c1-11-8(10)6-5-4(2-3-12-5)7(9)13-6/h2-3,9H2,1H3. The number of carbonyl (C=O) groups is 1. The van der Waals surface area contributed by atoms with E-state index in [4.69, 9.17) is 10.5 Å². The largest absolute Gasteiger partial charge is 0.491 e. The van der Waals surface area contributed by atoms with E-state index in [0.717, 1.165) is 12.0 Å². The number of anilines is 1. The number of thiophene rings is 1. The first kappa shape index (κ1) is 8.37. The maximum atomic E-state index is 11.2. The third kappa shape index (κ3) is 1.16. The van der Waals surface area contributed by atoms with Gasteiger partial charge in [-0.15, -0.1) is 11.3 Å². The lowest BCUT2D eigenvalue weighted by molar-refractivity contribution is 0.0603. The first-order chi connectivity index (χ1) is 6.24. The van der Waals surface area contributed by atoms with E-state index in [0.29, 0.717) is 22.2 Å². The van der Waals surface area contributed by atoms with Crippen molar-refractivity contribution in [2.75, 3.05) is 19.5 Å². The second-order valence-electron chi connectivity index (χ2n) is 2.69. The number of nitrogen functional groups attached to an aromatic ring is 1. The zero-order chi connectivity index (χ0) is 9.42. The van der Waals surface area contributed by atoms with Crippen LogP contribution < -0.4 is 10.5 Å². The third-order valence-corrected chi connectivity index (χ3v) is 2.98. The Morgan fingerprint density at radius 2 is 2.46 bits per heavy atom. The van der Waals surface area contributed by atoms with E-state index in [-0.39, 0.29) is 5.97 Å². The third-order valence-electron chi connectivity index (χ3n) is 1.96. The van der Waals surface area contributed by atoms with Gasteiger partial charge in [-0.05, 0) is 0 Å². The average molecular weight is 199 g/mol. The molecule has 0 spiro atoms. The Balaban J connectivity index is 2.48. The van der Waals surface area contributed by atoms with Crippen LogP contribution in [0.3, 0.4) is 0 Å². The van der Waals surface area contributed by atoms with Gasteiger partial charge in [-0.3, -0.25) is 0 Å². The second kappa shape index (κ2) is 2.92. The van der Waals surface area contributed by atoms with Crippen LogP contribution >= 0.6 is 11.3 Å². The molecule has 5 heteroatoms. The van der Waals surface area contributed by atoms with Crippen LogP contribution in [0, 0.1) is 0 Å². The summed E-state index contributed by atoms with van der Waals surface area (Å²) >= 11 is 1.23. The highest BCUT2D eigenvalue weighted by atomic mass is 32.1. The Morgan fingerprint density at radius 1 is 1.69 bits per heavy atom. The summed E-state index contributed by atoms with van der Waals surface area (Å²) in [6, 6.07) is 0. The maximum absolute atomic E-state index is 11.2. The molecule has 0 aliphatic carbocycles. The topological polar surface area (TPSA) is 61.5 Å². The van der Waals surface area contributed by atoms with Gasteiger partial charge in [-0.2, -0.15) is 0 Å². The van der Waals surface area contributed by atoms with E-state index in [1.54, 1.807) is 0 Å². The van der Waals surface area contributed by atoms with Gasteiger partial charge in [0.15, 0.2) is 4.88 Å². The van der Waals surface area contributed by atoms with Gasteiger partial charge in [0.25, 0.3) is 0 Å². The van der Waals surface area contributed by atoms with Crippen molar-refractivity contribution in [1.82, 2.24) is 0 Å². The summed E-state index contributed by atoms with van der Waals surface area (Å²) in [4.78, 5) is 11.7. The number of hydrogen-bond donors (Lipinski definition) is 1. The SMILES string of the molecule is COC(=O)c1sc(N)c2c1OCC2. The van der Waals surface area contributed by atoms with Crippen molar-refractivity contribution in [2.24, 2.45) is 0 Å². The second-order valence-corrected chi connectivity index (χ2v) is 3.75. The molecule has 70 valence electrons. The number of hydrogen-bond acceptors (Lipinski definition) is 5. The molecular weight excluding hydrogens is 190 g/mol. The molecule has 0 unspecified atom stereocenters. The lowest BCUT2D eigenvalue weighted by Crippen LogP contribution is -2.00. The monoisotopic (exact) mass is 199 g/mol. The fourth-order valence-corrected chi connectivity index (χ4v) is 2.32. The van der Waals surface area contributed by atoms with Gasteiger partial charge in [-0.1, -0.05) is 0 Å². The number of fused-ring (bicyclic) bond motifs is 1. The number of rotatable bonds is 1. The van der Waals surface area contributed by atoms with Crippen molar-refractivity contribution < 1.29 is 14.3 Å². The number of esters is 1. The molecule has 1 aromatic heterocycles. The minimum Gasteiger partial charge on any atom is -0.491 e. The molecule has 0 saturated carbocycles. The minimum absolute atomic E-state index is 0.375. The van der Waals surface area contributed by atoms with Crippen molar-refractivity contribution >= 4 is 22.3 Å². The molecule has 2 heterocycles. The summed E-state index contributed by atoms with van der Waals surface area (Å²) in [7, 11) is 1.35. The van der Waals surface area contributed by atoms with E-state index in [2.05, 4.69) is 4.74 Å². The summed E-state index contributed by atoms with van der Waals surface area (Å²) in [6.07, 6.45) is 0.786. The summed E-state index contributed by atoms with van der Waals surface area (Å²) in [5.41, 5.74) is 6.67. The molecule has 0 saturated heterocycles. The Hall–Kier alpha value is -1.23. The Labute approximate surface area is 79.3 Å². The highest BCUT2D eigenvalue weighted by Crippen LogP contribution is 2.41. The molecule has 0 fully saturated rings. The highest BCUT2D eigenvalue weighted by molar-refractivity contribution is 7.18. The van der Waals surface area contributed by atoms with Crippen LogP contribution in [0.15, 0.2) is 0 Å². The zero-order valence-electron chi connectivity index (χ0n) is 7.12. The zero-order valence-corrected chi connectivity index (χ0v) is 7.94. The van der Waals surface area contributed by atoms with Gasteiger partial charge in [0.1, 0.15) is 5.75 Å². The van der Waals surface area contributed by atoms with Crippen LogP contribution in [0.2, 0.25) is 0 Å². The molecule has 2 rings (SSSR count). The molecule has 0 aromatic carbocycles. The summed E-state index contributed by atoms with van der Waals surface area (Å²) in [6.45, 7) is 0.604. The molecule has 4 nitrogen and oxygen atoms in total. The fraction of sp³-hybridized carbons (Fsp3) is 0.375. The molecule has 13 heavy (non-hydrogen) atoms. The molecule has 0 radical (unpaired) electrons. The molecule has 2 N–H and O–H groups in total. The molecule has 0 bridgehead atoms. The maximum Gasteiger partial charge on any atom is 0.351 e. The first-order valence-corrected chi connectivity index (χ1v) is 4.68. The van der Waals surface area contributed by atoms with Gasteiger partial charge in [0.2, 0.25) is 0 Å². The average Bonchev–Trinajstić information content (AvgIpc) is 2.68. The highest BCUT2D eigenvalue weighted by Gasteiger charge is 2.27. The quantitative estimate of drug-likeness (QED) is 0.687. The lowest BCUT2D eigenvalue weighted by atomic mass is 10.2. The number of methoxy groups -OCH3 is 1. The first-order valence-electron chi connectivity index (χ1n) is 3.86. The van der Waals surface area contributed by atoms with Crippen molar-refractivity contribution in [2.45, 2.75) is 6.42 Å². The van der Waals surface area contributed by atoms with Gasteiger partial charge in [-0.25, -0.2) is 4.79 Å². The Bertz CT molecular complexity index is 359. The van der Waals surface area contributed by atoms with E-state index in [1.165, 1.54) is 18.4 Å². The molecule has 1 aliphatic rings. The van der Waals surface area contributed by atoms with Crippen LogP contribution in [-0.2, 0) is 11.2 Å². The Morgan fingerprint density at radius 3 is 3.15 bits per heavy atom. The van der Waals surface area contributed by atoms with Crippen molar-refractivity contribution in [3.8, 4) is 5.75 Å². The normalized spacial score (nSPS) is 13.6. The van der Waals surface area contributed by atoms with E-state index in [9.17, 15) is 4.79 Å². The van der Waals surface area contributed by atoms with Crippen molar-refractivity contribution in [3.05, 3.63) is 10.4 Å². The van der Waals surface area contributed by atoms with Gasteiger partial charge in [0.05, 0.1) is 18.7 Å². The molecular formula is C8H9NO3S. The van der Waals surface area contributed by atoms with Crippen LogP contribution in [0.1, 0.15) is 15.2 Å². The number of carbonyl (C=O) groups excluding carboxylic acids is 1. The lowest BCUT2D eigenvalue weighted by Gasteiger charge is -1.98. The fourth-order valence-electron chi connectivity index (χ4n) is 1.34. The smallest absolute Gasteiger partial charge is 0.351 e. The van der Waals surface area contributed by atoms with Crippen LogP contribution in [-0.4, -0.2) is 19.7 Å². The molecule has 0 atom stereocenters. The van der Waals surface area contributed by atoms with Gasteiger partial charge in [0, 0.05) is 12.0 Å². The van der Waals surface area contributed by atoms with Crippen LogP contribution in [0.25, 0.3) is 0 Å². The van der Waals surface area contributed by atoms with Gasteiger partial charge >= 0.3 is 5.97 Å². The number of nitrogens with two attached hydrogens (primary N) is 1. The van der Waals surface area contributed by atoms with Crippen molar-refractivity contribution in [3.63, 3.8) is 0 Å². The van der Waals surface area contributed by atoms with Gasteiger partial charge < -0.3 is 15.2 Å². The minimum atomic E-state index is -0.375. The summed E-state index contributed by atoms with van der Waals surface area (Å²) in [5, 5.41) is 0.660. The van der Waals surface area contributed by atoms with E-state index < -0.39 is 0 Å².